The van der Waals surface area contributed by atoms with Gasteiger partial charge in [-0.05, 0) is 24.1 Å². The van der Waals surface area contributed by atoms with Crippen LogP contribution in [-0.4, -0.2) is 44.7 Å². The number of thioether (sulfide) groups is 1. The number of nitrogens with zero attached hydrogens (tertiary/aromatic N) is 2. The van der Waals surface area contributed by atoms with Crippen LogP contribution < -0.4 is 0 Å². The molecule has 1 aliphatic rings. The van der Waals surface area contributed by atoms with Crippen LogP contribution in [0.3, 0.4) is 0 Å². The Bertz CT molecular complexity index is 784. The standard InChI is InChI=1S/C19H20N2O5S/c22-12-17-10-18(27-19(23)15-4-2-1-3-5-15)11-20(17)26-13-14-6-8-16(9-7-14)21(24)25/h1-9,17-18,22H,10-13H2/t17-,18+/m1/s1. The second-order valence-corrected chi connectivity index (χ2v) is 7.54. The van der Waals surface area contributed by atoms with E-state index in [1.807, 2.05) is 18.2 Å². The Balaban J connectivity index is 1.54. The Morgan fingerprint density at radius 1 is 1.22 bits per heavy atom. The van der Waals surface area contributed by atoms with Crippen LogP contribution in [0.4, 0.5) is 5.69 Å². The number of nitro benzene ring substituents is 1. The molecule has 27 heavy (non-hydrogen) atoms. The van der Waals surface area contributed by atoms with Gasteiger partial charge in [0.05, 0.1) is 24.2 Å². The summed E-state index contributed by atoms with van der Waals surface area (Å²) in [4.78, 5) is 28.4. The highest BCUT2D eigenvalue weighted by Gasteiger charge is 2.34. The van der Waals surface area contributed by atoms with E-state index >= 15 is 0 Å². The molecule has 2 aromatic carbocycles. The molecule has 0 amide bonds. The number of carbonyl (C=O) groups excluding carboxylic acids is 1. The molecule has 0 aromatic heterocycles. The van der Waals surface area contributed by atoms with Crippen LogP contribution in [0.2, 0.25) is 0 Å². The molecular weight excluding hydrogens is 368 g/mol. The smallest absolute Gasteiger partial charge is 0.269 e. The molecule has 1 saturated heterocycles. The minimum absolute atomic E-state index is 0.00880. The molecule has 0 unspecified atom stereocenters. The zero-order valence-electron chi connectivity index (χ0n) is 14.6. The van der Waals surface area contributed by atoms with Crippen molar-refractivity contribution in [3.05, 3.63) is 75.8 Å². The number of hydroxylamine groups is 2. The number of hydrogen-bond acceptors (Lipinski definition) is 7. The van der Waals surface area contributed by atoms with E-state index in [1.165, 1.54) is 23.9 Å². The normalized spacial score (nSPS) is 19.9. The van der Waals surface area contributed by atoms with Crippen molar-refractivity contribution in [2.45, 2.75) is 24.3 Å². The maximum absolute atomic E-state index is 12.4. The molecule has 1 N–H and O–H groups in total. The topological polar surface area (TPSA) is 92.9 Å². The number of hydrogen-bond donors (Lipinski definition) is 1. The number of non-ortho nitro benzene ring substituents is 1. The average molecular weight is 388 g/mol. The van der Waals surface area contributed by atoms with Crippen LogP contribution in [0.5, 0.6) is 0 Å². The van der Waals surface area contributed by atoms with Crippen molar-refractivity contribution >= 4 is 22.6 Å². The maximum Gasteiger partial charge on any atom is 0.269 e. The van der Waals surface area contributed by atoms with Gasteiger partial charge >= 0.3 is 0 Å². The summed E-state index contributed by atoms with van der Waals surface area (Å²) in [6.45, 7) is 0.719. The lowest BCUT2D eigenvalue weighted by atomic mass is 10.2. The van der Waals surface area contributed by atoms with Gasteiger partial charge in [0.15, 0.2) is 0 Å². The van der Waals surface area contributed by atoms with E-state index in [0.717, 1.165) is 5.56 Å². The molecule has 1 fully saturated rings. The van der Waals surface area contributed by atoms with Crippen LogP contribution in [0.1, 0.15) is 22.3 Å². The molecule has 142 valence electrons. The number of carbonyl (C=O) groups is 1. The lowest BCUT2D eigenvalue weighted by Gasteiger charge is -2.21. The summed E-state index contributed by atoms with van der Waals surface area (Å²) < 4.78 is 0. The molecule has 2 atom stereocenters. The third-order valence-corrected chi connectivity index (χ3v) is 5.49. The molecule has 8 heteroatoms. The fraction of sp³-hybridized carbons (Fsp3) is 0.316. The molecule has 1 heterocycles. The average Bonchev–Trinajstić information content (AvgIpc) is 3.09. The summed E-state index contributed by atoms with van der Waals surface area (Å²) in [5, 5.41) is 22.1. The number of aliphatic hydroxyl groups is 1. The Morgan fingerprint density at radius 3 is 2.56 bits per heavy atom. The summed E-state index contributed by atoms with van der Waals surface area (Å²) in [6, 6.07) is 15.1. The molecule has 0 saturated carbocycles. The van der Waals surface area contributed by atoms with Crippen molar-refractivity contribution in [3.63, 3.8) is 0 Å². The minimum atomic E-state index is -0.446. The summed E-state index contributed by atoms with van der Waals surface area (Å²) in [6.07, 6.45) is 0.653. The van der Waals surface area contributed by atoms with Gasteiger partial charge in [-0.25, -0.2) is 0 Å². The van der Waals surface area contributed by atoms with Gasteiger partial charge < -0.3 is 5.11 Å². The van der Waals surface area contributed by atoms with Crippen LogP contribution in [0, 0.1) is 10.1 Å². The van der Waals surface area contributed by atoms with E-state index < -0.39 is 4.92 Å². The van der Waals surface area contributed by atoms with Gasteiger partial charge in [0.25, 0.3) is 5.69 Å². The predicted octanol–water partition coefficient (Wildman–Crippen LogP) is 3.04. The SMILES string of the molecule is O=C(S[C@H]1C[C@H](CO)N(OCc2ccc([N+](=O)[O-])cc2)C1)c1ccccc1. The minimum Gasteiger partial charge on any atom is -0.395 e. The number of benzene rings is 2. The van der Waals surface area contributed by atoms with Gasteiger partial charge in [0, 0.05) is 29.5 Å². The first-order valence-corrected chi connectivity index (χ1v) is 9.44. The molecular formula is C19H20N2O5S. The van der Waals surface area contributed by atoms with Crippen molar-refractivity contribution < 1.29 is 19.7 Å². The molecule has 0 aliphatic carbocycles. The van der Waals surface area contributed by atoms with Crippen molar-refractivity contribution in [2.24, 2.45) is 0 Å². The highest BCUT2D eigenvalue weighted by Crippen LogP contribution is 2.30. The third-order valence-electron chi connectivity index (χ3n) is 4.36. The zero-order valence-corrected chi connectivity index (χ0v) is 15.4. The van der Waals surface area contributed by atoms with E-state index in [-0.39, 0.29) is 35.3 Å². The summed E-state index contributed by atoms with van der Waals surface area (Å²) in [5.74, 6) is 0. The Morgan fingerprint density at radius 2 is 1.93 bits per heavy atom. The quantitative estimate of drug-likeness (QED) is 0.576. The highest BCUT2D eigenvalue weighted by molar-refractivity contribution is 8.14. The molecule has 1 aliphatic heterocycles. The first-order valence-electron chi connectivity index (χ1n) is 8.56. The Hall–Kier alpha value is -2.26. The van der Waals surface area contributed by atoms with Gasteiger partial charge in [-0.2, -0.15) is 5.06 Å². The molecule has 2 aromatic rings. The predicted molar refractivity (Wildman–Crippen MR) is 102 cm³/mol. The van der Waals surface area contributed by atoms with Gasteiger partial charge in [0.2, 0.25) is 5.12 Å². The first kappa shape index (κ1) is 19.5. The van der Waals surface area contributed by atoms with Gasteiger partial charge in [-0.3, -0.25) is 19.7 Å². The van der Waals surface area contributed by atoms with E-state index in [0.29, 0.717) is 18.5 Å². The summed E-state index contributed by atoms with van der Waals surface area (Å²) >= 11 is 1.26. The molecule has 0 bridgehead atoms. The van der Waals surface area contributed by atoms with Crippen molar-refractivity contribution in [1.82, 2.24) is 5.06 Å². The second kappa shape index (κ2) is 9.09. The largest absolute Gasteiger partial charge is 0.395 e. The monoisotopic (exact) mass is 388 g/mol. The van der Waals surface area contributed by atoms with Crippen molar-refractivity contribution in [3.8, 4) is 0 Å². The highest BCUT2D eigenvalue weighted by atomic mass is 32.2. The lowest BCUT2D eigenvalue weighted by molar-refractivity contribution is -0.384. The van der Waals surface area contributed by atoms with Gasteiger partial charge in [-0.15, -0.1) is 0 Å². The first-order chi connectivity index (χ1) is 13.1. The fourth-order valence-electron chi connectivity index (χ4n) is 2.92. The Labute approximate surface area is 161 Å². The molecule has 7 nitrogen and oxygen atoms in total. The summed E-state index contributed by atoms with van der Waals surface area (Å²) in [7, 11) is 0. The van der Waals surface area contributed by atoms with Crippen LogP contribution in [0.25, 0.3) is 0 Å². The van der Waals surface area contributed by atoms with E-state index in [9.17, 15) is 20.0 Å². The van der Waals surface area contributed by atoms with E-state index in [2.05, 4.69) is 0 Å². The van der Waals surface area contributed by atoms with Crippen LogP contribution >= 0.6 is 11.8 Å². The lowest BCUT2D eigenvalue weighted by Crippen LogP contribution is -2.32. The molecule has 3 rings (SSSR count). The van der Waals surface area contributed by atoms with Crippen molar-refractivity contribution in [1.29, 1.82) is 0 Å². The molecule has 0 radical (unpaired) electrons. The van der Waals surface area contributed by atoms with E-state index in [4.69, 9.17) is 4.84 Å². The second-order valence-electron chi connectivity index (χ2n) is 6.26. The van der Waals surface area contributed by atoms with Gasteiger partial charge in [-0.1, -0.05) is 42.1 Å². The number of rotatable bonds is 7. The van der Waals surface area contributed by atoms with Crippen LogP contribution in [-0.2, 0) is 11.4 Å². The van der Waals surface area contributed by atoms with Crippen molar-refractivity contribution in [2.75, 3.05) is 13.2 Å². The van der Waals surface area contributed by atoms with Gasteiger partial charge in [0.1, 0.15) is 0 Å². The van der Waals surface area contributed by atoms with E-state index in [1.54, 1.807) is 29.3 Å². The number of nitro groups is 1. The summed E-state index contributed by atoms with van der Waals surface area (Å²) in [5.41, 5.74) is 1.49. The fourth-order valence-corrected chi connectivity index (χ4v) is 4.03. The zero-order chi connectivity index (χ0) is 19.2. The number of aliphatic hydroxyl groups excluding tert-OH is 1. The third kappa shape index (κ3) is 5.14. The molecule has 0 spiro atoms. The Kier molecular flexibility index (Phi) is 6.57. The maximum atomic E-state index is 12.4. The van der Waals surface area contributed by atoms with Crippen LogP contribution in [0.15, 0.2) is 54.6 Å².